The highest BCUT2D eigenvalue weighted by molar-refractivity contribution is 7.99. The molecule has 82 valence electrons. The third-order valence-corrected chi connectivity index (χ3v) is 3.25. The highest BCUT2D eigenvalue weighted by Crippen LogP contribution is 2.13. The molecular formula is C11H11N3OS. The summed E-state index contributed by atoms with van der Waals surface area (Å²) in [6, 6.07) is 8.77. The van der Waals surface area contributed by atoms with E-state index in [1.165, 1.54) is 0 Å². The van der Waals surface area contributed by atoms with Crippen molar-refractivity contribution in [3.8, 4) is 6.07 Å². The van der Waals surface area contributed by atoms with E-state index < -0.39 is 0 Å². The predicted octanol–water partition coefficient (Wildman–Crippen LogP) is 1.16. The van der Waals surface area contributed by atoms with Gasteiger partial charge in [0.15, 0.2) is 0 Å². The van der Waals surface area contributed by atoms with Gasteiger partial charge in [-0.05, 0) is 24.3 Å². The first-order chi connectivity index (χ1) is 7.79. The Hall–Kier alpha value is -1.51. The second-order valence-corrected chi connectivity index (χ2v) is 4.48. The van der Waals surface area contributed by atoms with E-state index >= 15 is 0 Å². The van der Waals surface area contributed by atoms with E-state index in [1.807, 2.05) is 6.07 Å². The lowest BCUT2D eigenvalue weighted by atomic mass is 10.2. The number of hydrogen-bond donors (Lipinski definition) is 2. The molecule has 16 heavy (non-hydrogen) atoms. The first-order valence-corrected chi connectivity index (χ1v) is 6.07. The van der Waals surface area contributed by atoms with Crippen LogP contribution < -0.4 is 10.6 Å². The van der Waals surface area contributed by atoms with Gasteiger partial charge in [0, 0.05) is 17.3 Å². The number of carbonyl (C=O) groups excluding carboxylic acids is 1. The molecule has 2 rings (SSSR count). The van der Waals surface area contributed by atoms with E-state index in [1.54, 1.807) is 36.0 Å². The number of amides is 1. The number of nitrogens with one attached hydrogen (secondary N) is 2. The molecule has 1 heterocycles. The SMILES string of the molecule is N#Cc1ccc(NC(=O)[C@@H]2CSCN2)cc1. The summed E-state index contributed by atoms with van der Waals surface area (Å²) in [5.41, 5.74) is 1.32. The van der Waals surface area contributed by atoms with Gasteiger partial charge < -0.3 is 5.32 Å². The predicted molar refractivity (Wildman–Crippen MR) is 64.0 cm³/mol. The zero-order valence-electron chi connectivity index (χ0n) is 8.56. The van der Waals surface area contributed by atoms with Gasteiger partial charge in [-0.1, -0.05) is 0 Å². The third kappa shape index (κ3) is 2.54. The maximum Gasteiger partial charge on any atom is 0.242 e. The van der Waals surface area contributed by atoms with Crippen molar-refractivity contribution in [3.63, 3.8) is 0 Å². The topological polar surface area (TPSA) is 64.9 Å². The van der Waals surface area contributed by atoms with Crippen molar-refractivity contribution in [3.05, 3.63) is 29.8 Å². The van der Waals surface area contributed by atoms with Crippen LogP contribution >= 0.6 is 11.8 Å². The minimum atomic E-state index is -0.111. The number of nitrogens with zero attached hydrogens (tertiary/aromatic N) is 1. The monoisotopic (exact) mass is 233 g/mol. The Labute approximate surface area is 98.0 Å². The first-order valence-electron chi connectivity index (χ1n) is 4.92. The van der Waals surface area contributed by atoms with Crippen molar-refractivity contribution in [2.45, 2.75) is 6.04 Å². The van der Waals surface area contributed by atoms with E-state index in [-0.39, 0.29) is 11.9 Å². The highest BCUT2D eigenvalue weighted by atomic mass is 32.2. The molecule has 0 saturated carbocycles. The van der Waals surface area contributed by atoms with Gasteiger partial charge in [-0.2, -0.15) is 5.26 Å². The van der Waals surface area contributed by atoms with Crippen LogP contribution in [0.15, 0.2) is 24.3 Å². The summed E-state index contributed by atoms with van der Waals surface area (Å²) in [6.45, 7) is 0. The number of benzene rings is 1. The molecule has 0 aromatic heterocycles. The molecule has 2 N–H and O–H groups in total. The van der Waals surface area contributed by atoms with Crippen molar-refractivity contribution < 1.29 is 4.79 Å². The Bertz CT molecular complexity index is 418. The third-order valence-electron chi connectivity index (χ3n) is 2.31. The minimum Gasteiger partial charge on any atom is -0.325 e. The molecule has 0 radical (unpaired) electrons. The molecule has 0 bridgehead atoms. The van der Waals surface area contributed by atoms with Gasteiger partial charge >= 0.3 is 0 Å². The maximum absolute atomic E-state index is 11.7. The van der Waals surface area contributed by atoms with Crippen LogP contribution in [0.1, 0.15) is 5.56 Å². The fraction of sp³-hybridized carbons (Fsp3) is 0.273. The molecule has 4 nitrogen and oxygen atoms in total. The Morgan fingerprint density at radius 1 is 1.50 bits per heavy atom. The van der Waals surface area contributed by atoms with Gasteiger partial charge in [-0.15, -0.1) is 11.8 Å². The summed E-state index contributed by atoms with van der Waals surface area (Å²) in [5, 5.41) is 14.5. The fourth-order valence-corrected chi connectivity index (χ4v) is 2.36. The molecule has 1 atom stereocenters. The largest absolute Gasteiger partial charge is 0.325 e. The van der Waals surface area contributed by atoms with Crippen LogP contribution in [0.4, 0.5) is 5.69 Å². The molecule has 1 fully saturated rings. The lowest BCUT2D eigenvalue weighted by molar-refractivity contribution is -0.117. The summed E-state index contributed by atoms with van der Waals surface area (Å²) >= 11 is 1.71. The molecule has 1 aromatic carbocycles. The van der Waals surface area contributed by atoms with Crippen LogP contribution in [-0.4, -0.2) is 23.6 Å². The molecule has 1 saturated heterocycles. The van der Waals surface area contributed by atoms with Gasteiger partial charge in [0.25, 0.3) is 0 Å². The molecule has 1 aliphatic rings. The normalized spacial score (nSPS) is 19.1. The second kappa shape index (κ2) is 5.01. The van der Waals surface area contributed by atoms with Crippen LogP contribution in [0, 0.1) is 11.3 Å². The van der Waals surface area contributed by atoms with E-state index in [0.717, 1.165) is 17.3 Å². The average molecular weight is 233 g/mol. The van der Waals surface area contributed by atoms with Crippen LogP contribution in [0.5, 0.6) is 0 Å². The summed E-state index contributed by atoms with van der Waals surface area (Å²) < 4.78 is 0. The van der Waals surface area contributed by atoms with E-state index in [0.29, 0.717) is 5.56 Å². The van der Waals surface area contributed by atoms with Crippen molar-refractivity contribution in [1.29, 1.82) is 5.26 Å². The Morgan fingerprint density at radius 2 is 2.25 bits per heavy atom. The van der Waals surface area contributed by atoms with E-state index in [4.69, 9.17) is 5.26 Å². The summed E-state index contributed by atoms with van der Waals surface area (Å²) in [7, 11) is 0. The van der Waals surface area contributed by atoms with Crippen molar-refractivity contribution in [2.24, 2.45) is 0 Å². The summed E-state index contributed by atoms with van der Waals surface area (Å²) in [6.07, 6.45) is 0. The number of thioether (sulfide) groups is 1. The standard InChI is InChI=1S/C11H11N3OS/c12-5-8-1-3-9(4-2-8)14-11(15)10-6-16-7-13-10/h1-4,10,13H,6-7H2,(H,14,15)/t10-/m0/s1. The molecule has 0 unspecified atom stereocenters. The average Bonchev–Trinajstić information content (AvgIpc) is 2.83. The van der Waals surface area contributed by atoms with E-state index in [2.05, 4.69) is 10.6 Å². The van der Waals surface area contributed by atoms with Crippen molar-refractivity contribution >= 4 is 23.4 Å². The minimum absolute atomic E-state index is 0.0188. The van der Waals surface area contributed by atoms with Crippen LogP contribution in [-0.2, 0) is 4.79 Å². The molecule has 1 aromatic rings. The quantitative estimate of drug-likeness (QED) is 0.804. The van der Waals surface area contributed by atoms with Crippen LogP contribution in [0.2, 0.25) is 0 Å². The number of carbonyl (C=O) groups is 1. The lowest BCUT2D eigenvalue weighted by Crippen LogP contribution is -2.37. The number of hydrogen-bond acceptors (Lipinski definition) is 4. The van der Waals surface area contributed by atoms with Gasteiger partial charge in [0.05, 0.1) is 17.7 Å². The fourth-order valence-electron chi connectivity index (χ4n) is 1.42. The Balaban J connectivity index is 1.98. The molecule has 0 spiro atoms. The smallest absolute Gasteiger partial charge is 0.242 e. The van der Waals surface area contributed by atoms with Crippen LogP contribution in [0.3, 0.4) is 0 Å². The summed E-state index contributed by atoms with van der Waals surface area (Å²) in [4.78, 5) is 11.7. The molecule has 0 aliphatic carbocycles. The van der Waals surface area contributed by atoms with Gasteiger partial charge in [0.1, 0.15) is 0 Å². The van der Waals surface area contributed by atoms with Crippen molar-refractivity contribution in [1.82, 2.24) is 5.32 Å². The maximum atomic E-state index is 11.7. The molecule has 1 aliphatic heterocycles. The molecule has 1 amide bonds. The Morgan fingerprint density at radius 3 is 2.81 bits per heavy atom. The number of rotatable bonds is 2. The summed E-state index contributed by atoms with van der Waals surface area (Å²) in [5.74, 6) is 1.61. The number of nitriles is 1. The van der Waals surface area contributed by atoms with Gasteiger partial charge in [-0.25, -0.2) is 0 Å². The van der Waals surface area contributed by atoms with Gasteiger partial charge in [-0.3, -0.25) is 10.1 Å². The zero-order chi connectivity index (χ0) is 11.4. The number of anilines is 1. The zero-order valence-corrected chi connectivity index (χ0v) is 9.38. The van der Waals surface area contributed by atoms with Gasteiger partial charge in [0.2, 0.25) is 5.91 Å². The first kappa shape index (κ1) is 11.0. The lowest BCUT2D eigenvalue weighted by Gasteiger charge is -2.10. The molecular weight excluding hydrogens is 222 g/mol. The van der Waals surface area contributed by atoms with E-state index in [9.17, 15) is 4.79 Å². The van der Waals surface area contributed by atoms with Crippen molar-refractivity contribution in [2.75, 3.05) is 16.9 Å². The van der Waals surface area contributed by atoms with Crippen LogP contribution in [0.25, 0.3) is 0 Å². The Kier molecular flexibility index (Phi) is 3.44. The molecule has 5 heteroatoms. The second-order valence-electron chi connectivity index (χ2n) is 3.45. The highest BCUT2D eigenvalue weighted by Gasteiger charge is 2.22.